The Kier molecular flexibility index (Phi) is 2.29. The molecule has 1 amide bonds. The number of carbonyl (C=O) groups is 1. The van der Waals surface area contributed by atoms with Gasteiger partial charge in [0.15, 0.2) is 0 Å². The molecule has 0 spiro atoms. The molecular formula is C13H21NO2. The highest BCUT2D eigenvalue weighted by atomic mass is 16.5. The van der Waals surface area contributed by atoms with Crippen molar-refractivity contribution in [2.75, 3.05) is 19.7 Å². The Bertz CT molecular complexity index is 295. The van der Waals surface area contributed by atoms with E-state index < -0.39 is 0 Å². The molecule has 3 nitrogen and oxygen atoms in total. The van der Waals surface area contributed by atoms with E-state index in [2.05, 4.69) is 13.8 Å². The zero-order valence-electron chi connectivity index (χ0n) is 10.2. The summed E-state index contributed by atoms with van der Waals surface area (Å²) in [5.41, 5.74) is 0.501. The van der Waals surface area contributed by atoms with Gasteiger partial charge in [0.25, 0.3) is 0 Å². The summed E-state index contributed by atoms with van der Waals surface area (Å²) in [5.74, 6) is 1.82. The van der Waals surface area contributed by atoms with Gasteiger partial charge in [-0.1, -0.05) is 13.8 Å². The highest BCUT2D eigenvalue weighted by Crippen LogP contribution is 2.61. The SMILES string of the molecule is CC1(C)C2CN(C(=O)CCOC3CC3)CC21. The van der Waals surface area contributed by atoms with E-state index in [9.17, 15) is 4.79 Å². The lowest BCUT2D eigenvalue weighted by molar-refractivity contribution is -0.132. The van der Waals surface area contributed by atoms with Crippen molar-refractivity contribution in [2.45, 2.75) is 39.2 Å². The standard InChI is InChI=1S/C13H21NO2/c1-13(2)10-7-14(8-11(10)13)12(15)5-6-16-9-3-4-9/h9-11H,3-8H2,1-2H3. The van der Waals surface area contributed by atoms with E-state index in [4.69, 9.17) is 4.74 Å². The van der Waals surface area contributed by atoms with Crippen molar-refractivity contribution in [1.82, 2.24) is 4.90 Å². The van der Waals surface area contributed by atoms with E-state index in [0.29, 0.717) is 30.5 Å². The van der Waals surface area contributed by atoms with Crippen LogP contribution >= 0.6 is 0 Å². The van der Waals surface area contributed by atoms with Gasteiger partial charge in [0.1, 0.15) is 0 Å². The van der Waals surface area contributed by atoms with E-state index in [1.807, 2.05) is 4.90 Å². The fraction of sp³-hybridized carbons (Fsp3) is 0.923. The monoisotopic (exact) mass is 223 g/mol. The molecule has 1 heterocycles. The Balaban J connectivity index is 1.40. The van der Waals surface area contributed by atoms with Gasteiger partial charge in [-0.2, -0.15) is 0 Å². The van der Waals surface area contributed by atoms with E-state index >= 15 is 0 Å². The molecule has 2 unspecified atom stereocenters. The Morgan fingerprint density at radius 1 is 1.31 bits per heavy atom. The van der Waals surface area contributed by atoms with Crippen LogP contribution in [0.25, 0.3) is 0 Å². The number of piperidine rings is 1. The van der Waals surface area contributed by atoms with Crippen LogP contribution < -0.4 is 0 Å². The summed E-state index contributed by atoms with van der Waals surface area (Å²) in [4.78, 5) is 13.9. The molecule has 3 heteroatoms. The van der Waals surface area contributed by atoms with Gasteiger partial charge in [-0.25, -0.2) is 0 Å². The minimum Gasteiger partial charge on any atom is -0.378 e. The molecule has 3 aliphatic rings. The van der Waals surface area contributed by atoms with Gasteiger partial charge in [-0.3, -0.25) is 4.79 Å². The van der Waals surface area contributed by atoms with Crippen molar-refractivity contribution in [3.8, 4) is 0 Å². The predicted octanol–water partition coefficient (Wildman–Crippen LogP) is 1.67. The van der Waals surface area contributed by atoms with Gasteiger partial charge in [-0.15, -0.1) is 0 Å². The van der Waals surface area contributed by atoms with Crippen LogP contribution in [0.3, 0.4) is 0 Å². The van der Waals surface area contributed by atoms with Crippen LogP contribution in [0.15, 0.2) is 0 Å². The van der Waals surface area contributed by atoms with Crippen molar-refractivity contribution in [1.29, 1.82) is 0 Å². The molecule has 0 aromatic carbocycles. The summed E-state index contributed by atoms with van der Waals surface area (Å²) in [6, 6.07) is 0. The summed E-state index contributed by atoms with van der Waals surface area (Å²) >= 11 is 0. The Labute approximate surface area is 97.1 Å². The molecule has 1 aliphatic heterocycles. The van der Waals surface area contributed by atoms with Crippen molar-refractivity contribution in [3.05, 3.63) is 0 Å². The first-order valence-corrected chi connectivity index (χ1v) is 6.48. The van der Waals surface area contributed by atoms with Crippen LogP contribution in [0.4, 0.5) is 0 Å². The second-order valence-electron chi connectivity index (χ2n) is 6.15. The average molecular weight is 223 g/mol. The third-order valence-electron chi connectivity index (χ3n) is 4.67. The van der Waals surface area contributed by atoms with E-state index in [1.165, 1.54) is 12.8 Å². The number of carbonyl (C=O) groups excluding carboxylic acids is 1. The highest BCUT2D eigenvalue weighted by molar-refractivity contribution is 5.77. The number of hydrogen-bond acceptors (Lipinski definition) is 2. The first kappa shape index (κ1) is 10.6. The first-order valence-electron chi connectivity index (χ1n) is 6.48. The van der Waals surface area contributed by atoms with Crippen molar-refractivity contribution < 1.29 is 9.53 Å². The third kappa shape index (κ3) is 1.75. The highest BCUT2D eigenvalue weighted by Gasteiger charge is 2.62. The Morgan fingerprint density at radius 3 is 2.50 bits per heavy atom. The molecule has 0 aromatic heterocycles. The topological polar surface area (TPSA) is 29.5 Å². The lowest BCUT2D eigenvalue weighted by Crippen LogP contribution is -2.33. The molecule has 2 saturated carbocycles. The van der Waals surface area contributed by atoms with Crippen LogP contribution in [-0.2, 0) is 9.53 Å². The van der Waals surface area contributed by atoms with Crippen LogP contribution in [0.1, 0.15) is 33.1 Å². The summed E-state index contributed by atoms with van der Waals surface area (Å²) in [7, 11) is 0. The van der Waals surface area contributed by atoms with Gasteiger partial charge < -0.3 is 9.64 Å². The molecule has 2 aliphatic carbocycles. The number of amides is 1. The molecular weight excluding hydrogens is 202 g/mol. The van der Waals surface area contributed by atoms with Gasteiger partial charge in [-0.05, 0) is 30.1 Å². The van der Waals surface area contributed by atoms with Gasteiger partial charge in [0, 0.05) is 13.1 Å². The quantitative estimate of drug-likeness (QED) is 0.725. The van der Waals surface area contributed by atoms with Crippen molar-refractivity contribution >= 4 is 5.91 Å². The normalized spacial score (nSPS) is 35.0. The number of hydrogen-bond donors (Lipinski definition) is 0. The zero-order valence-corrected chi connectivity index (χ0v) is 10.2. The number of rotatable bonds is 4. The molecule has 3 rings (SSSR count). The van der Waals surface area contributed by atoms with E-state index in [-0.39, 0.29) is 0 Å². The minimum atomic E-state index is 0.295. The summed E-state index contributed by atoms with van der Waals surface area (Å²) in [5, 5.41) is 0. The largest absolute Gasteiger partial charge is 0.378 e. The number of ether oxygens (including phenoxy) is 1. The third-order valence-corrected chi connectivity index (χ3v) is 4.67. The van der Waals surface area contributed by atoms with Crippen molar-refractivity contribution in [3.63, 3.8) is 0 Å². The molecule has 0 radical (unpaired) electrons. The van der Waals surface area contributed by atoms with E-state index in [0.717, 1.165) is 24.9 Å². The summed E-state index contributed by atoms with van der Waals surface area (Å²) in [6.45, 7) is 7.24. The smallest absolute Gasteiger partial charge is 0.224 e. The lowest BCUT2D eigenvalue weighted by Gasteiger charge is -2.22. The predicted molar refractivity (Wildman–Crippen MR) is 60.9 cm³/mol. The van der Waals surface area contributed by atoms with Crippen LogP contribution in [0.2, 0.25) is 0 Å². The first-order chi connectivity index (χ1) is 7.59. The fourth-order valence-corrected chi connectivity index (χ4v) is 3.04. The second-order valence-corrected chi connectivity index (χ2v) is 6.15. The molecule has 16 heavy (non-hydrogen) atoms. The van der Waals surface area contributed by atoms with Crippen LogP contribution in [0.5, 0.6) is 0 Å². The van der Waals surface area contributed by atoms with Gasteiger partial charge in [0.05, 0.1) is 19.1 Å². The van der Waals surface area contributed by atoms with Gasteiger partial charge >= 0.3 is 0 Å². The number of nitrogens with zero attached hydrogens (tertiary/aromatic N) is 1. The Hall–Kier alpha value is -0.570. The second kappa shape index (κ2) is 3.46. The molecule has 0 aromatic rings. The summed E-state index contributed by atoms with van der Waals surface area (Å²) in [6.07, 6.45) is 3.43. The maximum absolute atomic E-state index is 11.9. The molecule has 3 fully saturated rings. The number of likely N-dealkylation sites (tertiary alicyclic amines) is 1. The van der Waals surface area contributed by atoms with E-state index in [1.54, 1.807) is 0 Å². The number of fused-ring (bicyclic) bond motifs is 1. The maximum Gasteiger partial charge on any atom is 0.224 e. The molecule has 90 valence electrons. The molecule has 0 N–H and O–H groups in total. The van der Waals surface area contributed by atoms with Crippen LogP contribution in [-0.4, -0.2) is 36.6 Å². The average Bonchev–Trinajstić information content (AvgIpc) is 3.06. The van der Waals surface area contributed by atoms with Gasteiger partial charge in [0.2, 0.25) is 5.91 Å². The Morgan fingerprint density at radius 2 is 1.94 bits per heavy atom. The zero-order chi connectivity index (χ0) is 11.3. The maximum atomic E-state index is 11.9. The minimum absolute atomic E-state index is 0.295. The fourth-order valence-electron chi connectivity index (χ4n) is 3.04. The van der Waals surface area contributed by atoms with Crippen molar-refractivity contribution in [2.24, 2.45) is 17.3 Å². The lowest BCUT2D eigenvalue weighted by atomic mass is 10.1. The molecule has 2 atom stereocenters. The van der Waals surface area contributed by atoms with Crippen LogP contribution in [0, 0.1) is 17.3 Å². The molecule has 1 saturated heterocycles. The summed E-state index contributed by atoms with van der Waals surface area (Å²) < 4.78 is 5.51. The molecule has 0 bridgehead atoms.